The van der Waals surface area contributed by atoms with Gasteiger partial charge in [0.05, 0.1) is 19.3 Å². The lowest BCUT2D eigenvalue weighted by atomic mass is 10.1. The van der Waals surface area contributed by atoms with Gasteiger partial charge in [0.15, 0.2) is 0 Å². The van der Waals surface area contributed by atoms with Crippen molar-refractivity contribution in [2.24, 2.45) is 0 Å². The van der Waals surface area contributed by atoms with E-state index in [0.29, 0.717) is 32.8 Å². The molecule has 2 aliphatic heterocycles. The molecule has 0 saturated carbocycles. The van der Waals surface area contributed by atoms with Gasteiger partial charge in [-0.3, -0.25) is 0 Å². The van der Waals surface area contributed by atoms with Gasteiger partial charge in [0.25, 0.3) is 0 Å². The van der Waals surface area contributed by atoms with Gasteiger partial charge in [-0.1, -0.05) is 30.3 Å². The molecule has 0 radical (unpaired) electrons. The highest BCUT2D eigenvalue weighted by Crippen LogP contribution is 2.17. The maximum Gasteiger partial charge on any atom is 0.410 e. The van der Waals surface area contributed by atoms with Crippen LogP contribution in [-0.4, -0.2) is 78.6 Å². The lowest BCUT2D eigenvalue weighted by Gasteiger charge is -2.36. The number of benzene rings is 1. The molecule has 3 atom stereocenters. The van der Waals surface area contributed by atoms with Crippen molar-refractivity contribution in [3.8, 4) is 0 Å². The fraction of sp³-hybridized carbons (Fsp3) is 0.652. The molecule has 0 aromatic heterocycles. The van der Waals surface area contributed by atoms with Crippen molar-refractivity contribution in [3.05, 3.63) is 35.9 Å². The lowest BCUT2D eigenvalue weighted by Crippen LogP contribution is -2.54. The molecular weight excluding hydrogens is 398 g/mol. The van der Waals surface area contributed by atoms with Crippen LogP contribution in [0.5, 0.6) is 0 Å². The largest absolute Gasteiger partial charge is 0.445 e. The molecule has 0 bridgehead atoms. The molecule has 3 rings (SSSR count). The fourth-order valence-electron chi connectivity index (χ4n) is 3.82. The van der Waals surface area contributed by atoms with Crippen LogP contribution in [0.1, 0.15) is 39.7 Å². The summed E-state index contributed by atoms with van der Waals surface area (Å²) in [6, 6.07) is 9.86. The van der Waals surface area contributed by atoms with E-state index in [2.05, 4.69) is 12.2 Å². The van der Waals surface area contributed by atoms with Crippen LogP contribution in [0.25, 0.3) is 0 Å². The van der Waals surface area contributed by atoms with Crippen LogP contribution in [0.3, 0.4) is 0 Å². The average molecular weight is 434 g/mol. The van der Waals surface area contributed by atoms with E-state index in [0.717, 1.165) is 12.0 Å². The van der Waals surface area contributed by atoms with E-state index >= 15 is 0 Å². The number of carbonyl (C=O) groups is 2. The molecule has 0 spiro atoms. The zero-order valence-corrected chi connectivity index (χ0v) is 19.0. The summed E-state index contributed by atoms with van der Waals surface area (Å²) < 4.78 is 16.8. The summed E-state index contributed by atoms with van der Waals surface area (Å²) in [7, 11) is 0. The molecule has 2 aliphatic rings. The molecule has 1 N–H and O–H groups in total. The Bertz CT molecular complexity index is 736. The van der Waals surface area contributed by atoms with Gasteiger partial charge in [-0.25, -0.2) is 9.59 Å². The molecular formula is C23H35N3O5. The Morgan fingerprint density at radius 2 is 1.84 bits per heavy atom. The van der Waals surface area contributed by atoms with Crippen LogP contribution in [0.4, 0.5) is 9.59 Å². The number of carbonyl (C=O) groups excluding carboxylic acids is 2. The second kappa shape index (κ2) is 10.3. The van der Waals surface area contributed by atoms with E-state index in [-0.39, 0.29) is 37.0 Å². The Hall–Kier alpha value is -2.32. The van der Waals surface area contributed by atoms with Crippen molar-refractivity contribution in [1.82, 2.24) is 15.1 Å². The fourth-order valence-corrected chi connectivity index (χ4v) is 3.82. The number of morpholine rings is 1. The first-order valence-corrected chi connectivity index (χ1v) is 11.0. The predicted molar refractivity (Wildman–Crippen MR) is 117 cm³/mol. The molecule has 172 valence electrons. The summed E-state index contributed by atoms with van der Waals surface area (Å²) in [5.74, 6) is 0. The molecule has 0 aliphatic carbocycles. The Kier molecular flexibility index (Phi) is 7.78. The highest BCUT2D eigenvalue weighted by atomic mass is 16.6. The second-order valence-corrected chi connectivity index (χ2v) is 9.26. The van der Waals surface area contributed by atoms with Crippen molar-refractivity contribution in [1.29, 1.82) is 0 Å². The summed E-state index contributed by atoms with van der Waals surface area (Å²) in [4.78, 5) is 28.2. The van der Waals surface area contributed by atoms with E-state index < -0.39 is 5.60 Å². The van der Waals surface area contributed by atoms with Crippen LogP contribution in [0.15, 0.2) is 30.3 Å². The molecule has 1 aromatic rings. The summed E-state index contributed by atoms with van der Waals surface area (Å²) in [6.07, 6.45) is 0.139. The van der Waals surface area contributed by atoms with Gasteiger partial charge in [-0.2, -0.15) is 0 Å². The summed E-state index contributed by atoms with van der Waals surface area (Å²) in [6.45, 7) is 10.7. The Labute approximate surface area is 184 Å². The number of nitrogens with zero attached hydrogens (tertiary/aromatic N) is 2. The number of hydrogen-bond acceptors (Lipinski definition) is 6. The average Bonchev–Trinajstić information content (AvgIpc) is 3.20. The van der Waals surface area contributed by atoms with E-state index in [1.54, 1.807) is 9.80 Å². The number of likely N-dealkylation sites (tertiary alicyclic amines) is 1. The number of ether oxygens (including phenoxy) is 3. The maximum absolute atomic E-state index is 12.5. The van der Waals surface area contributed by atoms with Crippen LogP contribution in [-0.2, 0) is 20.8 Å². The van der Waals surface area contributed by atoms with Crippen molar-refractivity contribution >= 4 is 12.2 Å². The van der Waals surface area contributed by atoms with Crippen molar-refractivity contribution in [3.63, 3.8) is 0 Å². The van der Waals surface area contributed by atoms with Crippen LogP contribution >= 0.6 is 0 Å². The lowest BCUT2D eigenvalue weighted by molar-refractivity contribution is -0.0431. The van der Waals surface area contributed by atoms with E-state index in [1.807, 2.05) is 51.1 Å². The maximum atomic E-state index is 12.5. The zero-order valence-electron chi connectivity index (χ0n) is 19.0. The number of hydrogen-bond donors (Lipinski definition) is 1. The number of nitrogens with one attached hydrogen (secondary N) is 1. The minimum atomic E-state index is -0.496. The predicted octanol–water partition coefficient (Wildman–Crippen LogP) is 3.01. The first kappa shape index (κ1) is 23.3. The molecule has 2 saturated heterocycles. The smallest absolute Gasteiger partial charge is 0.410 e. The zero-order chi connectivity index (χ0) is 22.4. The van der Waals surface area contributed by atoms with Crippen molar-refractivity contribution in [2.75, 3.05) is 32.8 Å². The van der Waals surface area contributed by atoms with Crippen molar-refractivity contribution < 1.29 is 23.8 Å². The highest BCUT2D eigenvalue weighted by molar-refractivity contribution is 5.68. The minimum Gasteiger partial charge on any atom is -0.445 e. The molecule has 2 heterocycles. The van der Waals surface area contributed by atoms with Crippen LogP contribution in [0.2, 0.25) is 0 Å². The monoisotopic (exact) mass is 433 g/mol. The van der Waals surface area contributed by atoms with E-state index in [9.17, 15) is 9.59 Å². The summed E-state index contributed by atoms with van der Waals surface area (Å²) in [5.41, 5.74) is 0.469. The Morgan fingerprint density at radius 3 is 2.55 bits per heavy atom. The topological polar surface area (TPSA) is 80.3 Å². The Balaban J connectivity index is 1.43. The molecule has 0 unspecified atom stereocenters. The van der Waals surface area contributed by atoms with Gasteiger partial charge in [0.2, 0.25) is 0 Å². The SMILES string of the molecule is C[C@H](N[C@H]1CCN(C(=O)OC(C)(C)C)C1)[C@H]1CN(C(=O)OCc2ccccc2)CCO1. The number of rotatable bonds is 5. The molecule has 2 fully saturated rings. The van der Waals surface area contributed by atoms with Gasteiger partial charge < -0.3 is 29.3 Å². The minimum absolute atomic E-state index is 0.0355. The van der Waals surface area contributed by atoms with Gasteiger partial charge in [0.1, 0.15) is 12.2 Å². The normalized spacial score (nSPS) is 22.8. The summed E-state index contributed by atoms with van der Waals surface area (Å²) >= 11 is 0. The second-order valence-electron chi connectivity index (χ2n) is 9.26. The third kappa shape index (κ3) is 7.11. The molecule has 2 amide bonds. The van der Waals surface area contributed by atoms with Gasteiger partial charge in [0, 0.05) is 31.7 Å². The molecule has 31 heavy (non-hydrogen) atoms. The molecule has 8 heteroatoms. The van der Waals surface area contributed by atoms with Gasteiger partial charge >= 0.3 is 12.2 Å². The third-order valence-electron chi connectivity index (χ3n) is 5.45. The van der Waals surface area contributed by atoms with E-state index in [1.165, 1.54) is 0 Å². The number of amides is 2. The van der Waals surface area contributed by atoms with Crippen LogP contribution < -0.4 is 5.32 Å². The van der Waals surface area contributed by atoms with Gasteiger partial charge in [-0.05, 0) is 39.7 Å². The highest BCUT2D eigenvalue weighted by Gasteiger charge is 2.34. The Morgan fingerprint density at radius 1 is 1.13 bits per heavy atom. The first-order chi connectivity index (χ1) is 14.7. The van der Waals surface area contributed by atoms with Gasteiger partial charge in [-0.15, -0.1) is 0 Å². The molecule has 1 aromatic carbocycles. The van der Waals surface area contributed by atoms with Crippen molar-refractivity contribution in [2.45, 2.75) is 64.5 Å². The van der Waals surface area contributed by atoms with E-state index in [4.69, 9.17) is 14.2 Å². The standard InChI is InChI=1S/C23H35N3O5/c1-17(24-19-10-11-25(14-19)22(28)31-23(2,3)4)20-15-26(12-13-29-20)21(27)30-16-18-8-6-5-7-9-18/h5-9,17,19-20,24H,10-16H2,1-4H3/t17-,19-,20+/m0/s1. The first-order valence-electron chi connectivity index (χ1n) is 11.0. The van der Waals surface area contributed by atoms with Crippen LogP contribution in [0, 0.1) is 0 Å². The molecule has 8 nitrogen and oxygen atoms in total. The summed E-state index contributed by atoms with van der Waals surface area (Å²) in [5, 5.41) is 3.56. The quantitative estimate of drug-likeness (QED) is 0.769. The third-order valence-corrected chi connectivity index (χ3v) is 5.45.